The minimum absolute atomic E-state index is 0.00566. The monoisotopic (exact) mass is 428 g/mol. The summed E-state index contributed by atoms with van der Waals surface area (Å²) in [5, 5.41) is 0.137. The maximum atomic E-state index is 12.2. The van der Waals surface area contributed by atoms with Gasteiger partial charge in [0.25, 0.3) is 0 Å². The summed E-state index contributed by atoms with van der Waals surface area (Å²) in [7, 11) is -0.248. The summed E-state index contributed by atoms with van der Waals surface area (Å²) in [5.41, 5.74) is 0. The fourth-order valence-electron chi connectivity index (χ4n) is 3.16. The van der Waals surface area contributed by atoms with Crippen LogP contribution < -0.4 is 0 Å². The van der Waals surface area contributed by atoms with Gasteiger partial charge >= 0.3 is 0 Å². The maximum Gasteiger partial charge on any atom is 0.192 e. The van der Waals surface area contributed by atoms with Crippen molar-refractivity contribution >= 4 is 14.1 Å². The van der Waals surface area contributed by atoms with Crippen molar-refractivity contribution in [2.24, 2.45) is 5.92 Å². The summed E-state index contributed by atoms with van der Waals surface area (Å²) in [5.74, 6) is 0.443. The molecule has 1 aliphatic carbocycles. The Bertz CT molecular complexity index is 498. The highest BCUT2D eigenvalue weighted by atomic mass is 28.4. The molecule has 0 radical (unpaired) electrons. The predicted octanol–water partition coefficient (Wildman–Crippen LogP) is 5.50. The zero-order valence-corrected chi connectivity index (χ0v) is 20.8. The Kier molecular flexibility index (Phi) is 11.9. The van der Waals surface area contributed by atoms with Crippen molar-refractivity contribution in [3.8, 4) is 0 Å². The summed E-state index contributed by atoms with van der Waals surface area (Å²) in [6.07, 6.45) is 9.85. The second-order valence-electron chi connectivity index (χ2n) is 9.63. The van der Waals surface area contributed by atoms with Crippen LogP contribution in [0.5, 0.6) is 0 Å². The molecular weight excluding hydrogens is 384 g/mol. The van der Waals surface area contributed by atoms with E-state index in [1.807, 2.05) is 0 Å². The third-order valence-corrected chi connectivity index (χ3v) is 10.6. The molecule has 6 heteroatoms. The molecule has 1 rings (SSSR count). The van der Waals surface area contributed by atoms with Gasteiger partial charge in [-0.25, -0.2) is 0 Å². The lowest BCUT2D eigenvalue weighted by Crippen LogP contribution is -2.44. The molecule has 5 nitrogen and oxygen atoms in total. The van der Waals surface area contributed by atoms with Crippen LogP contribution in [-0.4, -0.2) is 53.4 Å². The van der Waals surface area contributed by atoms with Gasteiger partial charge in [0.2, 0.25) is 0 Å². The second kappa shape index (κ2) is 13.0. The summed E-state index contributed by atoms with van der Waals surface area (Å²) in [4.78, 5) is 12.2. The SMILES string of the molecule is CCCCCC(C=C[C@@H]1CC(=O)C[C@H]1O[Si](C)(C)C(C)(C)C)OCOCCOC. The van der Waals surface area contributed by atoms with E-state index in [1.165, 1.54) is 12.8 Å². The minimum Gasteiger partial charge on any atom is -0.413 e. The van der Waals surface area contributed by atoms with Gasteiger partial charge < -0.3 is 18.6 Å². The van der Waals surface area contributed by atoms with Crippen molar-refractivity contribution in [3.63, 3.8) is 0 Å². The smallest absolute Gasteiger partial charge is 0.192 e. The molecular formula is C23H44O5Si. The number of unbranched alkanes of at least 4 members (excludes halogenated alkanes) is 2. The van der Waals surface area contributed by atoms with Crippen molar-refractivity contribution in [2.45, 2.75) is 96.6 Å². The van der Waals surface area contributed by atoms with Crippen LogP contribution >= 0.6 is 0 Å². The Morgan fingerprint density at radius 1 is 1.17 bits per heavy atom. The lowest BCUT2D eigenvalue weighted by atomic mass is 10.0. The number of Topliss-reactive ketones (excluding diaryl/α,β-unsaturated/α-hetero) is 1. The number of hydrogen-bond donors (Lipinski definition) is 0. The molecule has 1 aliphatic rings. The molecule has 170 valence electrons. The molecule has 0 aromatic heterocycles. The molecule has 0 aromatic carbocycles. The average molecular weight is 429 g/mol. The third-order valence-electron chi connectivity index (χ3n) is 6.08. The van der Waals surface area contributed by atoms with E-state index in [-0.39, 0.29) is 30.0 Å². The largest absolute Gasteiger partial charge is 0.413 e. The van der Waals surface area contributed by atoms with Crippen LogP contribution in [0.4, 0.5) is 0 Å². The number of methoxy groups -OCH3 is 1. The van der Waals surface area contributed by atoms with E-state index in [0.29, 0.717) is 31.8 Å². The van der Waals surface area contributed by atoms with E-state index < -0.39 is 8.32 Å². The first-order chi connectivity index (χ1) is 13.6. The Balaban J connectivity index is 2.70. The summed E-state index contributed by atoms with van der Waals surface area (Å²) in [6.45, 7) is 14.8. The molecule has 0 heterocycles. The second-order valence-corrected chi connectivity index (χ2v) is 14.4. The van der Waals surface area contributed by atoms with Crippen LogP contribution in [0.15, 0.2) is 12.2 Å². The van der Waals surface area contributed by atoms with Gasteiger partial charge in [-0.1, -0.05) is 59.1 Å². The Morgan fingerprint density at radius 3 is 2.52 bits per heavy atom. The van der Waals surface area contributed by atoms with Gasteiger partial charge in [0.05, 0.1) is 25.4 Å². The lowest BCUT2D eigenvalue weighted by molar-refractivity contribution is -0.117. The number of carbonyl (C=O) groups is 1. The van der Waals surface area contributed by atoms with E-state index in [2.05, 4.69) is 52.9 Å². The molecule has 0 bridgehead atoms. The van der Waals surface area contributed by atoms with Gasteiger partial charge in [0.15, 0.2) is 8.32 Å². The normalized spacial score (nSPS) is 22.0. The molecule has 1 unspecified atom stereocenters. The number of rotatable bonds is 14. The molecule has 29 heavy (non-hydrogen) atoms. The van der Waals surface area contributed by atoms with Crippen LogP contribution in [0.25, 0.3) is 0 Å². The Hall–Kier alpha value is -0.533. The molecule has 0 aliphatic heterocycles. The highest BCUT2D eigenvalue weighted by Gasteiger charge is 2.43. The fourth-order valence-corrected chi connectivity index (χ4v) is 4.53. The van der Waals surface area contributed by atoms with Crippen LogP contribution in [0.1, 0.15) is 66.2 Å². The van der Waals surface area contributed by atoms with Gasteiger partial charge in [-0.2, -0.15) is 0 Å². The van der Waals surface area contributed by atoms with Crippen LogP contribution in [0.3, 0.4) is 0 Å². The first kappa shape index (κ1) is 26.5. The molecule has 1 saturated carbocycles. The molecule has 3 atom stereocenters. The van der Waals surface area contributed by atoms with Crippen molar-refractivity contribution in [1.29, 1.82) is 0 Å². The van der Waals surface area contributed by atoms with Crippen LogP contribution in [0, 0.1) is 5.92 Å². The van der Waals surface area contributed by atoms with Crippen molar-refractivity contribution in [1.82, 2.24) is 0 Å². The quantitative estimate of drug-likeness (QED) is 0.158. The zero-order chi connectivity index (χ0) is 21.9. The lowest BCUT2D eigenvalue weighted by Gasteiger charge is -2.39. The van der Waals surface area contributed by atoms with Gasteiger partial charge in [0.1, 0.15) is 12.6 Å². The third kappa shape index (κ3) is 9.88. The van der Waals surface area contributed by atoms with E-state index in [0.717, 1.165) is 12.8 Å². The average Bonchev–Trinajstić information content (AvgIpc) is 2.96. The van der Waals surface area contributed by atoms with E-state index in [4.69, 9.17) is 18.6 Å². The molecule has 0 aromatic rings. The molecule has 0 saturated heterocycles. The van der Waals surface area contributed by atoms with Gasteiger partial charge in [-0.05, 0) is 24.6 Å². The number of ether oxygens (including phenoxy) is 3. The first-order valence-corrected chi connectivity index (χ1v) is 14.1. The zero-order valence-electron chi connectivity index (χ0n) is 19.8. The first-order valence-electron chi connectivity index (χ1n) is 11.2. The minimum atomic E-state index is -1.91. The fraction of sp³-hybridized carbons (Fsp3) is 0.870. The van der Waals surface area contributed by atoms with Crippen molar-refractivity contribution in [2.75, 3.05) is 27.1 Å². The summed E-state index contributed by atoms with van der Waals surface area (Å²) in [6, 6.07) is 0. The van der Waals surface area contributed by atoms with E-state index >= 15 is 0 Å². The van der Waals surface area contributed by atoms with E-state index in [1.54, 1.807) is 7.11 Å². The molecule has 1 fully saturated rings. The van der Waals surface area contributed by atoms with Crippen molar-refractivity contribution in [3.05, 3.63) is 12.2 Å². The van der Waals surface area contributed by atoms with Gasteiger partial charge in [-0.15, -0.1) is 0 Å². The van der Waals surface area contributed by atoms with Crippen LogP contribution in [0.2, 0.25) is 18.1 Å². The van der Waals surface area contributed by atoms with Gasteiger partial charge in [-0.3, -0.25) is 4.79 Å². The maximum absolute atomic E-state index is 12.2. The predicted molar refractivity (Wildman–Crippen MR) is 121 cm³/mol. The highest BCUT2D eigenvalue weighted by Crippen LogP contribution is 2.40. The Morgan fingerprint density at radius 2 is 1.90 bits per heavy atom. The molecule has 0 spiro atoms. The number of hydrogen-bond acceptors (Lipinski definition) is 5. The van der Waals surface area contributed by atoms with Crippen molar-refractivity contribution < 1.29 is 23.4 Å². The summed E-state index contributed by atoms with van der Waals surface area (Å²) < 4.78 is 23.0. The van der Waals surface area contributed by atoms with Gasteiger partial charge in [0, 0.05) is 25.9 Å². The van der Waals surface area contributed by atoms with Crippen LogP contribution in [-0.2, 0) is 23.4 Å². The van der Waals surface area contributed by atoms with E-state index in [9.17, 15) is 4.79 Å². The summed E-state index contributed by atoms with van der Waals surface area (Å²) >= 11 is 0. The highest BCUT2D eigenvalue weighted by molar-refractivity contribution is 6.74. The standard InChI is InChI=1S/C23H44O5Si/c1-8-9-10-11-21(27-18-26-15-14-25-5)13-12-19-16-20(24)17-22(19)28-29(6,7)23(2,3)4/h12-13,19,21-22H,8-11,14-18H2,1-7H3/t19-,21?,22-/m1/s1. The number of ketones is 1. The Labute approximate surface area is 179 Å². The topological polar surface area (TPSA) is 54.0 Å². The molecule has 0 N–H and O–H groups in total. The molecule has 0 amide bonds. The number of carbonyl (C=O) groups excluding carboxylic acids is 1.